The highest BCUT2D eigenvalue weighted by Gasteiger charge is 2.11. The van der Waals surface area contributed by atoms with Crippen LogP contribution < -0.4 is 10.1 Å². The summed E-state index contributed by atoms with van der Waals surface area (Å²) >= 11 is 0. The van der Waals surface area contributed by atoms with Gasteiger partial charge in [0, 0.05) is 6.54 Å². The van der Waals surface area contributed by atoms with Crippen LogP contribution in [-0.2, 0) is 28.5 Å². The summed E-state index contributed by atoms with van der Waals surface area (Å²) < 4.78 is 41.3. The molecule has 0 saturated carbocycles. The maximum Gasteiger partial charge on any atom is 0.316 e. The van der Waals surface area contributed by atoms with E-state index in [0.717, 1.165) is 53.0 Å². The Kier molecular flexibility index (Phi) is 11.0. The van der Waals surface area contributed by atoms with Gasteiger partial charge in [0.1, 0.15) is 17.3 Å². The molecule has 8 heteroatoms. The number of hydrogen-bond donors (Lipinski definition) is 2. The lowest BCUT2D eigenvalue weighted by Crippen LogP contribution is -2.16. The van der Waals surface area contributed by atoms with Crippen LogP contribution >= 0.6 is 8.25 Å². The summed E-state index contributed by atoms with van der Waals surface area (Å²) in [4.78, 5) is 8.68. The summed E-state index contributed by atoms with van der Waals surface area (Å²) in [6.45, 7) is 6.25. The van der Waals surface area contributed by atoms with E-state index >= 15 is 0 Å². The Labute approximate surface area is 207 Å². The summed E-state index contributed by atoms with van der Waals surface area (Å²) in [6.07, 6.45) is 4.54. The van der Waals surface area contributed by atoms with Gasteiger partial charge in [-0.3, -0.25) is 4.57 Å². The fourth-order valence-corrected chi connectivity index (χ4v) is 4.16. The number of benzene rings is 2. The molecule has 2 N–H and O–H groups in total. The molecule has 2 aromatic carbocycles. The van der Waals surface area contributed by atoms with E-state index in [2.05, 4.69) is 19.2 Å². The molecule has 6 nitrogen and oxygen atoms in total. The van der Waals surface area contributed by atoms with Gasteiger partial charge in [-0.05, 0) is 85.2 Å². The van der Waals surface area contributed by atoms with Gasteiger partial charge in [0.05, 0.1) is 25.0 Å². The van der Waals surface area contributed by atoms with Crippen LogP contribution in [0.1, 0.15) is 43.4 Å². The number of rotatable bonds is 15. The van der Waals surface area contributed by atoms with E-state index in [1.807, 2.05) is 42.5 Å². The van der Waals surface area contributed by atoms with E-state index in [9.17, 15) is 8.96 Å². The van der Waals surface area contributed by atoms with Gasteiger partial charge >= 0.3 is 8.25 Å². The van der Waals surface area contributed by atoms with Crippen molar-refractivity contribution in [3.05, 3.63) is 77.3 Å². The van der Waals surface area contributed by atoms with Gasteiger partial charge < -0.3 is 23.9 Å². The molecule has 190 valence electrons. The van der Waals surface area contributed by atoms with Crippen LogP contribution in [0.15, 0.2) is 59.2 Å². The molecule has 1 atom stereocenters. The standard InChI is InChI=1S/C27H35FNO5P/c1-20(2)16-23-10-8-21(18-25(23)28)6-3-13-33-27-11-9-22(17-24(27)26-7-4-14-32-26)19-29-12-5-15-34-35(30)31/h4,7-11,14,17-18,20,29,35H,3,5-6,12-13,15-16,19H2,1-2H3,(H,30,31). The molecule has 0 fully saturated rings. The van der Waals surface area contributed by atoms with Crippen molar-refractivity contribution in [3.63, 3.8) is 0 Å². The lowest BCUT2D eigenvalue weighted by Gasteiger charge is -2.13. The van der Waals surface area contributed by atoms with Gasteiger partial charge in [0.15, 0.2) is 0 Å². The number of aryl methyl sites for hydroxylation is 1. The number of nitrogens with one attached hydrogen (secondary N) is 1. The highest BCUT2D eigenvalue weighted by molar-refractivity contribution is 7.32. The maximum atomic E-state index is 14.3. The quantitative estimate of drug-likeness (QED) is 0.191. The molecule has 0 bridgehead atoms. The minimum Gasteiger partial charge on any atom is -0.493 e. The Morgan fingerprint density at radius 1 is 1.09 bits per heavy atom. The number of halogens is 1. The van der Waals surface area contributed by atoms with Gasteiger partial charge in [0.25, 0.3) is 0 Å². The molecule has 3 rings (SSSR count). The zero-order chi connectivity index (χ0) is 25.0. The van der Waals surface area contributed by atoms with Gasteiger partial charge in [-0.25, -0.2) is 4.39 Å². The molecule has 0 aliphatic heterocycles. The van der Waals surface area contributed by atoms with Crippen LogP contribution in [0.3, 0.4) is 0 Å². The van der Waals surface area contributed by atoms with Crippen LogP contribution in [-0.4, -0.2) is 24.7 Å². The Balaban J connectivity index is 1.53. The molecule has 0 amide bonds. The maximum absolute atomic E-state index is 14.3. The Hall–Kier alpha value is -2.44. The molecule has 0 radical (unpaired) electrons. The van der Waals surface area contributed by atoms with Crippen LogP contribution in [0.5, 0.6) is 5.75 Å². The first-order valence-electron chi connectivity index (χ1n) is 12.1. The van der Waals surface area contributed by atoms with E-state index < -0.39 is 8.25 Å². The summed E-state index contributed by atoms with van der Waals surface area (Å²) in [5, 5.41) is 3.30. The third-order valence-electron chi connectivity index (χ3n) is 5.50. The second-order valence-corrected chi connectivity index (χ2v) is 9.75. The van der Waals surface area contributed by atoms with Gasteiger partial charge in [-0.1, -0.05) is 32.0 Å². The van der Waals surface area contributed by atoms with Gasteiger partial charge in [-0.15, -0.1) is 0 Å². The molecule has 0 spiro atoms. The molecule has 1 unspecified atom stereocenters. The summed E-state index contributed by atoms with van der Waals surface area (Å²) in [7, 11) is -2.86. The summed E-state index contributed by atoms with van der Waals surface area (Å²) in [5.41, 5.74) is 3.69. The van der Waals surface area contributed by atoms with Crippen molar-refractivity contribution in [1.82, 2.24) is 5.32 Å². The van der Waals surface area contributed by atoms with Crippen LogP contribution in [0, 0.1) is 11.7 Å². The van der Waals surface area contributed by atoms with Crippen molar-refractivity contribution in [2.75, 3.05) is 19.8 Å². The average Bonchev–Trinajstić information content (AvgIpc) is 3.35. The lowest BCUT2D eigenvalue weighted by molar-refractivity contribution is 0.276. The molecule has 1 aromatic heterocycles. The van der Waals surface area contributed by atoms with Crippen molar-refractivity contribution in [1.29, 1.82) is 0 Å². The van der Waals surface area contributed by atoms with Crippen LogP contribution in [0.2, 0.25) is 0 Å². The molecule has 0 aliphatic carbocycles. The average molecular weight is 504 g/mol. The first-order valence-corrected chi connectivity index (χ1v) is 13.3. The van der Waals surface area contributed by atoms with Crippen molar-refractivity contribution in [3.8, 4) is 17.1 Å². The van der Waals surface area contributed by atoms with Crippen molar-refractivity contribution >= 4 is 8.25 Å². The first kappa shape index (κ1) is 27.2. The van der Waals surface area contributed by atoms with E-state index in [1.165, 1.54) is 0 Å². The van der Waals surface area contributed by atoms with Crippen LogP contribution in [0.25, 0.3) is 11.3 Å². The van der Waals surface area contributed by atoms with Crippen molar-refractivity contribution < 1.29 is 27.5 Å². The van der Waals surface area contributed by atoms with Gasteiger partial charge in [0.2, 0.25) is 0 Å². The monoisotopic (exact) mass is 503 g/mol. The molecular weight excluding hydrogens is 468 g/mol. The normalized spacial score (nSPS) is 12.3. The highest BCUT2D eigenvalue weighted by atomic mass is 31.1. The first-order chi connectivity index (χ1) is 16.9. The number of ether oxygens (including phenoxy) is 1. The molecule has 3 aromatic rings. The zero-order valence-electron chi connectivity index (χ0n) is 20.4. The molecule has 35 heavy (non-hydrogen) atoms. The van der Waals surface area contributed by atoms with Crippen molar-refractivity contribution in [2.24, 2.45) is 5.92 Å². The molecular formula is C27H35FNO5P. The lowest BCUT2D eigenvalue weighted by atomic mass is 10.00. The van der Waals surface area contributed by atoms with E-state index in [1.54, 1.807) is 12.3 Å². The predicted octanol–water partition coefficient (Wildman–Crippen LogP) is 6.17. The third-order valence-corrected chi connectivity index (χ3v) is 5.95. The van der Waals surface area contributed by atoms with Crippen molar-refractivity contribution in [2.45, 2.75) is 46.1 Å². The second-order valence-electron chi connectivity index (χ2n) is 8.93. The minimum absolute atomic E-state index is 0.127. The van der Waals surface area contributed by atoms with E-state index in [-0.39, 0.29) is 12.4 Å². The topological polar surface area (TPSA) is 80.9 Å². The Morgan fingerprint density at radius 2 is 1.91 bits per heavy atom. The van der Waals surface area contributed by atoms with Crippen LogP contribution in [0.4, 0.5) is 4.39 Å². The molecule has 0 saturated heterocycles. The Bertz CT molecular complexity index is 1070. The smallest absolute Gasteiger partial charge is 0.316 e. The third kappa shape index (κ3) is 9.26. The van der Waals surface area contributed by atoms with Gasteiger partial charge in [-0.2, -0.15) is 0 Å². The fourth-order valence-electron chi connectivity index (χ4n) is 3.84. The SMILES string of the molecule is CC(C)Cc1ccc(CCCOc2ccc(CNCCCO[PH](=O)O)cc2-c2ccco2)cc1F. The minimum atomic E-state index is -2.86. The zero-order valence-corrected chi connectivity index (χ0v) is 21.4. The molecule has 1 heterocycles. The second kappa shape index (κ2) is 14.2. The van der Waals surface area contributed by atoms with E-state index in [4.69, 9.17) is 18.6 Å². The Morgan fingerprint density at radius 3 is 2.63 bits per heavy atom. The summed E-state index contributed by atoms with van der Waals surface area (Å²) in [6, 6.07) is 15.3. The largest absolute Gasteiger partial charge is 0.493 e. The molecule has 0 aliphatic rings. The number of furan rings is 1. The van der Waals surface area contributed by atoms with E-state index in [0.29, 0.717) is 32.0 Å². The fraction of sp³-hybridized carbons (Fsp3) is 0.407. The highest BCUT2D eigenvalue weighted by Crippen LogP contribution is 2.32. The predicted molar refractivity (Wildman–Crippen MR) is 136 cm³/mol. The summed E-state index contributed by atoms with van der Waals surface area (Å²) in [5.74, 6) is 1.77. The number of hydrogen-bond acceptors (Lipinski definition) is 5.